The highest BCUT2D eigenvalue weighted by atomic mass is 32.2. The molecule has 1 atom stereocenters. The largest absolute Gasteiger partial charge is 0.381 e. The van der Waals surface area contributed by atoms with Gasteiger partial charge in [-0.15, -0.1) is 0 Å². The lowest BCUT2D eigenvalue weighted by Gasteiger charge is -2.16. The summed E-state index contributed by atoms with van der Waals surface area (Å²) in [6.07, 6.45) is 3.28. The first-order valence-electron chi connectivity index (χ1n) is 6.72. The molecule has 0 aliphatic carbocycles. The fraction of sp³-hybridized carbons (Fsp3) is 0.917. The van der Waals surface area contributed by atoms with Gasteiger partial charge < -0.3 is 9.64 Å². The van der Waals surface area contributed by atoms with Gasteiger partial charge in [0.05, 0.1) is 12.9 Å². The normalized spacial score (nSPS) is 19.9. The van der Waals surface area contributed by atoms with Crippen LogP contribution in [-0.2, 0) is 19.6 Å². The fourth-order valence-electron chi connectivity index (χ4n) is 2.09. The van der Waals surface area contributed by atoms with Gasteiger partial charge in [0.2, 0.25) is 15.9 Å². The van der Waals surface area contributed by atoms with Crippen molar-refractivity contribution in [2.75, 3.05) is 39.1 Å². The van der Waals surface area contributed by atoms with Crippen molar-refractivity contribution in [3.63, 3.8) is 0 Å². The number of amides is 1. The van der Waals surface area contributed by atoms with Gasteiger partial charge in [-0.2, -0.15) is 0 Å². The number of carbonyl (C=O) groups is 1. The zero-order chi connectivity index (χ0) is 14.3. The summed E-state index contributed by atoms with van der Waals surface area (Å²) in [4.78, 5) is 13.7. The van der Waals surface area contributed by atoms with Crippen LogP contribution in [0.1, 0.15) is 26.2 Å². The van der Waals surface area contributed by atoms with Gasteiger partial charge in [0.1, 0.15) is 0 Å². The standard InChI is InChI=1S/C12H24N2O4S/c1-3-8-18-10-11-5-7-14(9-11)12(15)4-6-13-19(2,16)17/h11,13H,3-10H2,1-2H3. The predicted molar refractivity (Wildman–Crippen MR) is 73.3 cm³/mol. The highest BCUT2D eigenvalue weighted by Crippen LogP contribution is 2.17. The average Bonchev–Trinajstić information content (AvgIpc) is 2.76. The van der Waals surface area contributed by atoms with Gasteiger partial charge in [-0.3, -0.25) is 4.79 Å². The Morgan fingerprint density at radius 2 is 2.21 bits per heavy atom. The van der Waals surface area contributed by atoms with E-state index in [1.165, 1.54) is 0 Å². The molecule has 1 saturated heterocycles. The summed E-state index contributed by atoms with van der Waals surface area (Å²) in [7, 11) is -3.21. The van der Waals surface area contributed by atoms with Gasteiger partial charge in [0.25, 0.3) is 0 Å². The smallest absolute Gasteiger partial charge is 0.223 e. The molecule has 1 fully saturated rings. The molecule has 0 spiro atoms. The monoisotopic (exact) mass is 292 g/mol. The summed E-state index contributed by atoms with van der Waals surface area (Å²) in [6.45, 7) is 5.19. The molecule has 7 heteroatoms. The van der Waals surface area contributed by atoms with Crippen molar-refractivity contribution in [2.45, 2.75) is 26.2 Å². The number of likely N-dealkylation sites (tertiary alicyclic amines) is 1. The molecule has 1 rings (SSSR count). The number of nitrogens with zero attached hydrogens (tertiary/aromatic N) is 1. The molecule has 0 aromatic heterocycles. The first-order chi connectivity index (χ1) is 8.92. The summed E-state index contributed by atoms with van der Waals surface area (Å²) in [5.41, 5.74) is 0. The second-order valence-electron chi connectivity index (χ2n) is 4.99. The van der Waals surface area contributed by atoms with Gasteiger partial charge in [0.15, 0.2) is 0 Å². The molecule has 1 heterocycles. The fourth-order valence-corrected chi connectivity index (χ4v) is 2.56. The molecule has 0 aromatic rings. The Morgan fingerprint density at radius 3 is 2.84 bits per heavy atom. The molecule has 0 bridgehead atoms. The first-order valence-corrected chi connectivity index (χ1v) is 8.61. The third-order valence-corrected chi connectivity index (χ3v) is 3.77. The summed E-state index contributed by atoms with van der Waals surface area (Å²) in [6, 6.07) is 0. The number of rotatable bonds is 8. The number of hydrogen-bond donors (Lipinski definition) is 1. The minimum atomic E-state index is -3.21. The molecule has 0 saturated carbocycles. The van der Waals surface area contributed by atoms with Crippen molar-refractivity contribution in [1.29, 1.82) is 0 Å². The molecule has 0 aromatic carbocycles. The molecular formula is C12H24N2O4S. The van der Waals surface area contributed by atoms with E-state index in [2.05, 4.69) is 11.6 Å². The minimum Gasteiger partial charge on any atom is -0.381 e. The summed E-state index contributed by atoms with van der Waals surface area (Å²) in [5, 5.41) is 0. The quantitative estimate of drug-likeness (QED) is 0.649. The van der Waals surface area contributed by atoms with Crippen LogP contribution in [0.2, 0.25) is 0 Å². The lowest BCUT2D eigenvalue weighted by atomic mass is 10.1. The second-order valence-corrected chi connectivity index (χ2v) is 6.82. The molecule has 1 aliphatic rings. The SMILES string of the molecule is CCCOCC1CCN(C(=O)CCNS(C)(=O)=O)C1. The molecule has 19 heavy (non-hydrogen) atoms. The Hall–Kier alpha value is -0.660. The van der Waals surface area contributed by atoms with Crippen molar-refractivity contribution in [3.05, 3.63) is 0 Å². The second kappa shape index (κ2) is 7.81. The van der Waals surface area contributed by atoms with Crippen LogP contribution in [0.4, 0.5) is 0 Å². The van der Waals surface area contributed by atoms with Crippen molar-refractivity contribution < 1.29 is 17.9 Å². The van der Waals surface area contributed by atoms with Crippen LogP contribution in [0.25, 0.3) is 0 Å². The van der Waals surface area contributed by atoms with Gasteiger partial charge >= 0.3 is 0 Å². The van der Waals surface area contributed by atoms with Crippen molar-refractivity contribution >= 4 is 15.9 Å². The van der Waals surface area contributed by atoms with E-state index in [0.717, 1.165) is 38.8 Å². The lowest BCUT2D eigenvalue weighted by Crippen LogP contribution is -2.33. The van der Waals surface area contributed by atoms with E-state index >= 15 is 0 Å². The number of nitrogens with one attached hydrogen (secondary N) is 1. The summed E-state index contributed by atoms with van der Waals surface area (Å²) in [5.74, 6) is 0.424. The maximum atomic E-state index is 11.9. The lowest BCUT2D eigenvalue weighted by molar-refractivity contribution is -0.130. The van der Waals surface area contributed by atoms with E-state index in [9.17, 15) is 13.2 Å². The van der Waals surface area contributed by atoms with Gasteiger partial charge in [0, 0.05) is 38.6 Å². The van der Waals surface area contributed by atoms with Crippen LogP contribution in [0, 0.1) is 5.92 Å². The molecule has 6 nitrogen and oxygen atoms in total. The maximum Gasteiger partial charge on any atom is 0.223 e. The topological polar surface area (TPSA) is 75.7 Å². The van der Waals surface area contributed by atoms with Crippen molar-refractivity contribution in [3.8, 4) is 0 Å². The van der Waals surface area contributed by atoms with E-state index in [4.69, 9.17) is 4.74 Å². The van der Waals surface area contributed by atoms with E-state index in [0.29, 0.717) is 12.5 Å². The first kappa shape index (κ1) is 16.4. The Morgan fingerprint density at radius 1 is 1.47 bits per heavy atom. The van der Waals surface area contributed by atoms with Crippen molar-refractivity contribution in [1.82, 2.24) is 9.62 Å². The van der Waals surface area contributed by atoms with E-state index in [1.54, 1.807) is 4.90 Å². The van der Waals surface area contributed by atoms with Crippen LogP contribution < -0.4 is 4.72 Å². The Labute approximate surface area is 115 Å². The van der Waals surface area contributed by atoms with Crippen LogP contribution >= 0.6 is 0 Å². The van der Waals surface area contributed by atoms with E-state index in [1.807, 2.05) is 0 Å². The number of hydrogen-bond acceptors (Lipinski definition) is 4. The van der Waals surface area contributed by atoms with E-state index in [-0.39, 0.29) is 18.9 Å². The number of carbonyl (C=O) groups excluding carboxylic acids is 1. The molecule has 1 N–H and O–H groups in total. The molecule has 112 valence electrons. The molecular weight excluding hydrogens is 268 g/mol. The van der Waals surface area contributed by atoms with Crippen LogP contribution in [0.5, 0.6) is 0 Å². The van der Waals surface area contributed by atoms with Gasteiger partial charge in [-0.1, -0.05) is 6.92 Å². The third kappa shape index (κ3) is 6.89. The van der Waals surface area contributed by atoms with Gasteiger partial charge in [-0.25, -0.2) is 13.1 Å². The molecule has 1 unspecified atom stereocenters. The molecule has 1 amide bonds. The Balaban J connectivity index is 2.20. The summed E-state index contributed by atoms with van der Waals surface area (Å²) >= 11 is 0. The zero-order valence-electron chi connectivity index (χ0n) is 11.7. The Bertz CT molecular complexity index is 383. The predicted octanol–water partition coefficient (Wildman–Crippen LogP) is 0.201. The molecule has 0 radical (unpaired) electrons. The van der Waals surface area contributed by atoms with Gasteiger partial charge in [-0.05, 0) is 12.8 Å². The average molecular weight is 292 g/mol. The highest BCUT2D eigenvalue weighted by Gasteiger charge is 2.25. The maximum absolute atomic E-state index is 11.9. The molecule has 1 aliphatic heterocycles. The highest BCUT2D eigenvalue weighted by molar-refractivity contribution is 7.88. The van der Waals surface area contributed by atoms with Crippen LogP contribution in [0.15, 0.2) is 0 Å². The number of sulfonamides is 1. The van der Waals surface area contributed by atoms with E-state index < -0.39 is 10.0 Å². The minimum absolute atomic E-state index is 0.00846. The van der Waals surface area contributed by atoms with Crippen LogP contribution in [-0.4, -0.2) is 58.3 Å². The van der Waals surface area contributed by atoms with Crippen LogP contribution in [0.3, 0.4) is 0 Å². The number of ether oxygens (including phenoxy) is 1. The summed E-state index contributed by atoms with van der Waals surface area (Å²) < 4.78 is 29.6. The van der Waals surface area contributed by atoms with Crippen molar-refractivity contribution in [2.24, 2.45) is 5.92 Å². The zero-order valence-corrected chi connectivity index (χ0v) is 12.5. The Kier molecular flexibility index (Phi) is 6.74. The third-order valence-electron chi connectivity index (χ3n) is 3.04.